The van der Waals surface area contributed by atoms with Crippen LogP contribution in [0.3, 0.4) is 0 Å². The number of hydrogen-bond donors (Lipinski definition) is 1. The van der Waals surface area contributed by atoms with Crippen LogP contribution >= 0.6 is 0 Å². The quantitative estimate of drug-likeness (QED) is 0.668. The summed E-state index contributed by atoms with van der Waals surface area (Å²) in [6.45, 7) is 1.79. The molecule has 1 atom stereocenters. The maximum Gasteiger partial charge on any atom is 0.318 e. The van der Waals surface area contributed by atoms with E-state index >= 15 is 0 Å². The zero-order chi connectivity index (χ0) is 19.2. The van der Waals surface area contributed by atoms with E-state index in [1.807, 2.05) is 18.2 Å². The van der Waals surface area contributed by atoms with Gasteiger partial charge >= 0.3 is 6.03 Å². The van der Waals surface area contributed by atoms with Gasteiger partial charge in [0.2, 0.25) is 0 Å². The van der Waals surface area contributed by atoms with Gasteiger partial charge < -0.3 is 23.9 Å². The average molecular weight is 383 g/mol. The number of carbonyl (C=O) groups is 1. The fraction of sp³-hybridized carbons (Fsp3) is 0.368. The molecular formula is C19H21N5O4. The van der Waals surface area contributed by atoms with Crippen molar-refractivity contribution >= 4 is 6.03 Å². The van der Waals surface area contributed by atoms with Crippen LogP contribution in [0.15, 0.2) is 51.7 Å². The van der Waals surface area contributed by atoms with Crippen LogP contribution in [0.5, 0.6) is 0 Å². The normalized spacial score (nSPS) is 16.2. The van der Waals surface area contributed by atoms with E-state index in [9.17, 15) is 4.79 Å². The lowest BCUT2D eigenvalue weighted by Crippen LogP contribution is -2.43. The summed E-state index contributed by atoms with van der Waals surface area (Å²) in [4.78, 5) is 23.0. The Morgan fingerprint density at radius 1 is 1.29 bits per heavy atom. The van der Waals surface area contributed by atoms with E-state index in [4.69, 9.17) is 13.7 Å². The molecule has 0 saturated carbocycles. The minimum atomic E-state index is -0.231. The smallest absolute Gasteiger partial charge is 0.318 e. The second kappa shape index (κ2) is 8.66. The van der Waals surface area contributed by atoms with Gasteiger partial charge in [-0.05, 0) is 37.1 Å². The number of amides is 2. The third-order valence-corrected chi connectivity index (χ3v) is 4.41. The van der Waals surface area contributed by atoms with Gasteiger partial charge in [0.05, 0.1) is 31.2 Å². The molecule has 1 unspecified atom stereocenters. The van der Waals surface area contributed by atoms with Crippen LogP contribution in [0.2, 0.25) is 0 Å². The predicted molar refractivity (Wildman–Crippen MR) is 97.9 cm³/mol. The molecule has 146 valence electrons. The molecule has 9 nitrogen and oxygen atoms in total. The molecule has 1 saturated heterocycles. The molecule has 2 amide bonds. The topological polar surface area (TPSA) is 107 Å². The highest BCUT2D eigenvalue weighted by atomic mass is 16.5. The van der Waals surface area contributed by atoms with Gasteiger partial charge in [-0.2, -0.15) is 4.98 Å². The van der Waals surface area contributed by atoms with Crippen LogP contribution in [0, 0.1) is 0 Å². The lowest BCUT2D eigenvalue weighted by atomic mass is 10.2. The number of nitrogens with one attached hydrogen (secondary N) is 1. The van der Waals surface area contributed by atoms with Gasteiger partial charge in [-0.25, -0.2) is 4.79 Å². The minimum absolute atomic E-state index is 0.0465. The predicted octanol–water partition coefficient (Wildman–Crippen LogP) is 2.62. The Bertz CT molecular complexity index is 875. The number of aromatic nitrogens is 3. The zero-order valence-corrected chi connectivity index (χ0v) is 15.3. The summed E-state index contributed by atoms with van der Waals surface area (Å²) in [5.74, 6) is 1.13. The van der Waals surface area contributed by atoms with Crippen molar-refractivity contribution < 1.29 is 18.5 Å². The number of rotatable bonds is 7. The van der Waals surface area contributed by atoms with Crippen molar-refractivity contribution in [3.05, 3.63) is 54.3 Å². The maximum atomic E-state index is 12.8. The molecular weight excluding hydrogens is 362 g/mol. The Morgan fingerprint density at radius 3 is 3.00 bits per heavy atom. The lowest BCUT2D eigenvalue weighted by molar-refractivity contribution is 0.0790. The molecule has 4 rings (SSSR count). The third-order valence-electron chi connectivity index (χ3n) is 4.41. The van der Waals surface area contributed by atoms with Crippen LogP contribution in [-0.2, 0) is 17.8 Å². The first-order valence-corrected chi connectivity index (χ1v) is 9.18. The molecule has 0 radical (unpaired) electrons. The number of urea groups is 1. The fourth-order valence-corrected chi connectivity index (χ4v) is 3.03. The molecule has 0 spiro atoms. The van der Waals surface area contributed by atoms with Gasteiger partial charge in [0, 0.05) is 19.3 Å². The number of nitrogens with zero attached hydrogens (tertiary/aromatic N) is 4. The Balaban J connectivity index is 1.38. The molecule has 1 fully saturated rings. The van der Waals surface area contributed by atoms with Crippen LogP contribution in [0.25, 0.3) is 11.7 Å². The van der Waals surface area contributed by atoms with Crippen molar-refractivity contribution in [2.45, 2.75) is 32.0 Å². The maximum absolute atomic E-state index is 12.8. The van der Waals surface area contributed by atoms with E-state index in [1.54, 1.807) is 23.2 Å². The number of ether oxygens (including phenoxy) is 1. The average Bonchev–Trinajstić information content (AvgIpc) is 3.48. The minimum Gasteiger partial charge on any atom is -0.459 e. The molecule has 9 heteroatoms. The first-order valence-electron chi connectivity index (χ1n) is 9.18. The highest BCUT2D eigenvalue weighted by Gasteiger charge is 2.23. The van der Waals surface area contributed by atoms with Crippen molar-refractivity contribution in [2.75, 3.05) is 13.2 Å². The largest absolute Gasteiger partial charge is 0.459 e. The van der Waals surface area contributed by atoms with Crippen molar-refractivity contribution in [2.24, 2.45) is 0 Å². The van der Waals surface area contributed by atoms with E-state index in [0.717, 1.165) is 25.1 Å². The van der Waals surface area contributed by atoms with Gasteiger partial charge in [0.1, 0.15) is 0 Å². The Hall–Kier alpha value is -3.20. The Labute approximate surface area is 161 Å². The van der Waals surface area contributed by atoms with Crippen LogP contribution < -0.4 is 5.32 Å². The molecule has 0 bridgehead atoms. The summed E-state index contributed by atoms with van der Waals surface area (Å²) < 4.78 is 16.1. The third kappa shape index (κ3) is 4.55. The zero-order valence-electron chi connectivity index (χ0n) is 15.3. The highest BCUT2D eigenvalue weighted by Crippen LogP contribution is 2.17. The number of carbonyl (C=O) groups excluding carboxylic acids is 1. The first kappa shape index (κ1) is 18.2. The fourth-order valence-electron chi connectivity index (χ4n) is 3.03. The summed E-state index contributed by atoms with van der Waals surface area (Å²) in [5.41, 5.74) is 0.815. The molecule has 1 aliphatic rings. The summed E-state index contributed by atoms with van der Waals surface area (Å²) in [6, 6.07) is 8.88. The number of hydrogen-bond acceptors (Lipinski definition) is 7. The van der Waals surface area contributed by atoms with Crippen LogP contribution in [-0.4, -0.2) is 45.3 Å². The van der Waals surface area contributed by atoms with E-state index in [0.29, 0.717) is 24.7 Å². The van der Waals surface area contributed by atoms with E-state index in [1.165, 1.54) is 6.26 Å². The summed E-state index contributed by atoms with van der Waals surface area (Å²) >= 11 is 0. The van der Waals surface area contributed by atoms with Crippen LogP contribution in [0.4, 0.5) is 4.79 Å². The SMILES string of the molecule is O=C(NCc1noc(-c2ccco2)n1)N(Cc1ccccn1)CC1CCCO1. The van der Waals surface area contributed by atoms with Gasteiger partial charge in [-0.15, -0.1) is 0 Å². The van der Waals surface area contributed by atoms with E-state index < -0.39 is 0 Å². The molecule has 1 aliphatic heterocycles. The summed E-state index contributed by atoms with van der Waals surface area (Å²) in [5, 5.41) is 6.71. The second-order valence-corrected chi connectivity index (χ2v) is 6.49. The van der Waals surface area contributed by atoms with Crippen molar-refractivity contribution in [1.82, 2.24) is 25.3 Å². The van der Waals surface area contributed by atoms with Gasteiger partial charge in [-0.3, -0.25) is 4.98 Å². The Morgan fingerprint density at radius 2 is 2.25 bits per heavy atom. The van der Waals surface area contributed by atoms with Gasteiger partial charge in [0.15, 0.2) is 11.6 Å². The molecule has 1 N–H and O–H groups in total. The number of furan rings is 1. The first-order chi connectivity index (χ1) is 13.8. The van der Waals surface area contributed by atoms with Gasteiger partial charge in [-0.1, -0.05) is 11.2 Å². The number of pyridine rings is 1. The summed E-state index contributed by atoms with van der Waals surface area (Å²) in [6.07, 6.45) is 5.25. The van der Waals surface area contributed by atoms with E-state index in [2.05, 4.69) is 20.4 Å². The van der Waals surface area contributed by atoms with Crippen molar-refractivity contribution in [3.8, 4) is 11.7 Å². The molecule has 28 heavy (non-hydrogen) atoms. The summed E-state index contributed by atoms with van der Waals surface area (Å²) in [7, 11) is 0. The Kier molecular flexibility index (Phi) is 5.62. The monoisotopic (exact) mass is 383 g/mol. The lowest BCUT2D eigenvalue weighted by Gasteiger charge is -2.25. The highest BCUT2D eigenvalue weighted by molar-refractivity contribution is 5.74. The standard InChI is InChI=1S/C19H21N5O4/c25-19(21-11-17-22-18(28-23-17)16-7-4-10-27-16)24(13-15-6-3-9-26-15)12-14-5-1-2-8-20-14/h1-2,4-5,7-8,10,15H,3,6,9,11-13H2,(H,21,25). The second-order valence-electron chi connectivity index (χ2n) is 6.49. The molecule has 4 heterocycles. The molecule has 0 aromatic carbocycles. The molecule has 0 aliphatic carbocycles. The van der Waals surface area contributed by atoms with Crippen molar-refractivity contribution in [1.29, 1.82) is 0 Å². The van der Waals surface area contributed by atoms with Crippen LogP contribution in [0.1, 0.15) is 24.4 Å². The van der Waals surface area contributed by atoms with E-state index in [-0.39, 0.29) is 24.6 Å². The van der Waals surface area contributed by atoms with Crippen molar-refractivity contribution in [3.63, 3.8) is 0 Å². The van der Waals surface area contributed by atoms with Gasteiger partial charge in [0.25, 0.3) is 5.89 Å². The molecule has 3 aromatic heterocycles. The molecule has 3 aromatic rings.